The summed E-state index contributed by atoms with van der Waals surface area (Å²) in [7, 11) is 0. The molecule has 0 spiro atoms. The van der Waals surface area contributed by atoms with Crippen LogP contribution in [0.1, 0.15) is 25.0 Å². The molecule has 0 saturated carbocycles. The second-order valence-corrected chi connectivity index (χ2v) is 12.6. The van der Waals surface area contributed by atoms with Crippen molar-refractivity contribution in [3.8, 4) is 45.3 Å². The van der Waals surface area contributed by atoms with Gasteiger partial charge in [-0.25, -0.2) is 15.0 Å². The lowest BCUT2D eigenvalue weighted by Gasteiger charge is -2.21. The molecular weight excluding hydrogens is 574 g/mol. The van der Waals surface area contributed by atoms with Gasteiger partial charge in [0.1, 0.15) is 11.2 Å². The molecule has 0 saturated heterocycles. The van der Waals surface area contributed by atoms with Crippen molar-refractivity contribution in [2.24, 2.45) is 0 Å². The fourth-order valence-electron chi connectivity index (χ4n) is 6.98. The van der Waals surface area contributed by atoms with Crippen LogP contribution < -0.4 is 0 Å². The summed E-state index contributed by atoms with van der Waals surface area (Å²) >= 11 is 6.34. The third kappa shape index (κ3) is 3.96. The van der Waals surface area contributed by atoms with E-state index in [0.717, 1.165) is 49.4 Å². The Bertz CT molecular complexity index is 2480. The van der Waals surface area contributed by atoms with Crippen LogP contribution in [0.2, 0.25) is 5.02 Å². The van der Waals surface area contributed by atoms with E-state index < -0.39 is 0 Å². The quantitative estimate of drug-likeness (QED) is 0.203. The Morgan fingerprint density at radius 1 is 0.511 bits per heavy atom. The predicted octanol–water partition coefficient (Wildman–Crippen LogP) is 10.9. The Labute approximate surface area is 265 Å². The van der Waals surface area contributed by atoms with E-state index in [0.29, 0.717) is 22.5 Å². The summed E-state index contributed by atoms with van der Waals surface area (Å²) in [5.74, 6) is 1.85. The number of furan rings is 1. The molecule has 1 aliphatic rings. The number of hydrogen-bond acceptors (Lipinski definition) is 4. The number of halogens is 1. The van der Waals surface area contributed by atoms with Crippen LogP contribution in [0.3, 0.4) is 0 Å². The van der Waals surface area contributed by atoms with E-state index in [-0.39, 0.29) is 5.41 Å². The van der Waals surface area contributed by atoms with Crippen molar-refractivity contribution in [3.63, 3.8) is 0 Å². The molecule has 0 aliphatic heterocycles. The number of benzene rings is 6. The Hall–Kier alpha value is -5.32. The Kier molecular flexibility index (Phi) is 5.56. The van der Waals surface area contributed by atoms with E-state index in [1.807, 2.05) is 48.5 Å². The van der Waals surface area contributed by atoms with E-state index in [9.17, 15) is 0 Å². The Morgan fingerprint density at radius 2 is 1.20 bits per heavy atom. The van der Waals surface area contributed by atoms with E-state index in [1.165, 1.54) is 22.3 Å². The first-order valence-corrected chi connectivity index (χ1v) is 15.4. The van der Waals surface area contributed by atoms with Crippen molar-refractivity contribution in [2.45, 2.75) is 19.3 Å². The maximum absolute atomic E-state index is 6.38. The van der Waals surface area contributed by atoms with Gasteiger partial charge < -0.3 is 4.42 Å². The fraction of sp³-hybridized carbons (Fsp3) is 0.0750. The van der Waals surface area contributed by atoms with Crippen LogP contribution in [0.5, 0.6) is 0 Å². The lowest BCUT2D eigenvalue weighted by molar-refractivity contribution is 0.660. The van der Waals surface area contributed by atoms with Crippen molar-refractivity contribution in [3.05, 3.63) is 137 Å². The minimum Gasteiger partial charge on any atom is -0.456 e. The SMILES string of the molecule is CC1(C)c2ccccc2-c2ccc(-c3nc(-c4ccccc4)nc(-c4cc5oc6cc(Cl)ccc6c5c5ccccc45)n3)cc21. The molecule has 45 heavy (non-hydrogen) atoms. The molecular formula is C40H26ClN3O. The van der Waals surface area contributed by atoms with Gasteiger partial charge in [0.25, 0.3) is 0 Å². The number of nitrogens with zero attached hydrogens (tertiary/aromatic N) is 3. The maximum atomic E-state index is 6.38. The standard InChI is InChI=1S/C40H26ClN3O/c1-40(2)32-15-9-8-13-27(32)28-18-16-24(20-33(28)40)38-42-37(23-10-4-3-5-11-23)43-39(44-38)31-22-35-36(29-14-7-6-12-26(29)31)30-19-17-25(41)21-34(30)45-35/h3-22H,1-2H3. The average molecular weight is 600 g/mol. The molecule has 9 rings (SSSR count). The maximum Gasteiger partial charge on any atom is 0.164 e. The Balaban J connectivity index is 1.30. The molecule has 5 heteroatoms. The highest BCUT2D eigenvalue weighted by Crippen LogP contribution is 2.49. The summed E-state index contributed by atoms with van der Waals surface area (Å²) in [6.07, 6.45) is 0. The average Bonchev–Trinajstić information content (AvgIpc) is 3.56. The van der Waals surface area contributed by atoms with E-state index in [2.05, 4.69) is 86.6 Å². The molecule has 0 unspecified atom stereocenters. The van der Waals surface area contributed by atoms with Crippen molar-refractivity contribution < 1.29 is 4.42 Å². The number of fused-ring (bicyclic) bond motifs is 8. The largest absolute Gasteiger partial charge is 0.456 e. The molecule has 0 radical (unpaired) electrons. The topological polar surface area (TPSA) is 51.8 Å². The first-order valence-electron chi connectivity index (χ1n) is 15.1. The number of hydrogen-bond donors (Lipinski definition) is 0. The summed E-state index contributed by atoms with van der Waals surface area (Å²) in [5, 5.41) is 4.84. The molecule has 6 aromatic carbocycles. The van der Waals surface area contributed by atoms with Gasteiger partial charge in [0.05, 0.1) is 0 Å². The van der Waals surface area contributed by atoms with Crippen molar-refractivity contribution in [1.82, 2.24) is 15.0 Å². The second-order valence-electron chi connectivity index (χ2n) is 12.2. The summed E-state index contributed by atoms with van der Waals surface area (Å²) in [4.78, 5) is 15.3. The monoisotopic (exact) mass is 599 g/mol. The van der Waals surface area contributed by atoms with Gasteiger partial charge in [0.2, 0.25) is 0 Å². The van der Waals surface area contributed by atoms with Gasteiger partial charge >= 0.3 is 0 Å². The third-order valence-electron chi connectivity index (χ3n) is 9.19. The number of aromatic nitrogens is 3. The van der Waals surface area contributed by atoms with Crippen LogP contribution in [0, 0.1) is 0 Å². The molecule has 0 fully saturated rings. The molecule has 1 aliphatic carbocycles. The summed E-state index contributed by atoms with van der Waals surface area (Å²) in [6.45, 7) is 4.58. The van der Waals surface area contributed by atoms with Gasteiger partial charge in [0, 0.05) is 44.0 Å². The predicted molar refractivity (Wildman–Crippen MR) is 183 cm³/mol. The zero-order valence-corrected chi connectivity index (χ0v) is 25.4. The van der Waals surface area contributed by atoms with Crippen LogP contribution in [-0.4, -0.2) is 15.0 Å². The summed E-state index contributed by atoms with van der Waals surface area (Å²) in [5.41, 5.74) is 9.32. The van der Waals surface area contributed by atoms with Crippen LogP contribution >= 0.6 is 11.6 Å². The lowest BCUT2D eigenvalue weighted by atomic mass is 9.82. The van der Waals surface area contributed by atoms with Gasteiger partial charge in [-0.05, 0) is 57.3 Å². The normalized spacial score (nSPS) is 13.4. The highest BCUT2D eigenvalue weighted by Gasteiger charge is 2.35. The first kappa shape index (κ1) is 26.1. The highest BCUT2D eigenvalue weighted by molar-refractivity contribution is 6.32. The minimum absolute atomic E-state index is 0.133. The highest BCUT2D eigenvalue weighted by atomic mass is 35.5. The zero-order valence-electron chi connectivity index (χ0n) is 24.7. The summed E-state index contributed by atoms with van der Waals surface area (Å²) < 4.78 is 6.38. The van der Waals surface area contributed by atoms with Crippen LogP contribution in [-0.2, 0) is 5.41 Å². The first-order chi connectivity index (χ1) is 22.0. The van der Waals surface area contributed by atoms with Gasteiger partial charge in [0.15, 0.2) is 17.5 Å². The van der Waals surface area contributed by atoms with Crippen molar-refractivity contribution in [1.29, 1.82) is 0 Å². The molecule has 214 valence electrons. The molecule has 0 atom stereocenters. The Morgan fingerprint density at radius 3 is 2.04 bits per heavy atom. The molecule has 0 N–H and O–H groups in total. The lowest BCUT2D eigenvalue weighted by Crippen LogP contribution is -2.15. The van der Waals surface area contributed by atoms with Crippen LogP contribution in [0.4, 0.5) is 0 Å². The fourth-order valence-corrected chi connectivity index (χ4v) is 7.15. The molecule has 0 bridgehead atoms. The second kappa shape index (κ2) is 9.59. The third-order valence-corrected chi connectivity index (χ3v) is 9.43. The van der Waals surface area contributed by atoms with Crippen LogP contribution in [0.25, 0.3) is 78.0 Å². The smallest absolute Gasteiger partial charge is 0.164 e. The summed E-state index contributed by atoms with van der Waals surface area (Å²) in [6, 6.07) is 41.6. The molecule has 2 heterocycles. The molecule has 0 amide bonds. The minimum atomic E-state index is -0.133. The van der Waals surface area contributed by atoms with Crippen molar-refractivity contribution >= 4 is 44.3 Å². The van der Waals surface area contributed by atoms with E-state index >= 15 is 0 Å². The number of rotatable bonds is 3. The van der Waals surface area contributed by atoms with E-state index in [4.69, 9.17) is 31.0 Å². The molecule has 4 nitrogen and oxygen atoms in total. The van der Waals surface area contributed by atoms with Gasteiger partial charge in [-0.15, -0.1) is 0 Å². The van der Waals surface area contributed by atoms with Gasteiger partial charge in [-0.1, -0.05) is 116 Å². The molecule has 2 aromatic heterocycles. The van der Waals surface area contributed by atoms with Crippen molar-refractivity contribution in [2.75, 3.05) is 0 Å². The van der Waals surface area contributed by atoms with Crippen LogP contribution in [0.15, 0.2) is 126 Å². The zero-order chi connectivity index (χ0) is 30.3. The van der Waals surface area contributed by atoms with E-state index in [1.54, 1.807) is 0 Å². The van der Waals surface area contributed by atoms with Gasteiger partial charge in [-0.3, -0.25) is 0 Å². The van der Waals surface area contributed by atoms with Gasteiger partial charge in [-0.2, -0.15) is 0 Å². The molecule has 8 aromatic rings.